The largest absolute Gasteiger partial charge is 0.349 e. The topological polar surface area (TPSA) is 70.7 Å². The number of carbonyl (C=O) groups excluding carboxylic acids is 1. The molecule has 1 aromatic heterocycles. The highest BCUT2D eigenvalue weighted by molar-refractivity contribution is 5.90. The van der Waals surface area contributed by atoms with Gasteiger partial charge < -0.3 is 5.32 Å². The highest BCUT2D eigenvalue weighted by Crippen LogP contribution is 2.60. The lowest BCUT2D eigenvalue weighted by atomic mass is 10.0. The van der Waals surface area contributed by atoms with Gasteiger partial charge in [0, 0.05) is 12.5 Å². The number of hydrogen-bond acceptors (Lipinski definition) is 3. The number of rotatable bonds is 5. The van der Waals surface area contributed by atoms with Crippen LogP contribution in [0.15, 0.2) is 0 Å². The molecule has 5 nitrogen and oxygen atoms in total. The Morgan fingerprint density at radius 3 is 2.72 bits per heavy atom. The highest BCUT2D eigenvalue weighted by atomic mass is 16.2. The molecule has 0 aliphatic heterocycles. The Bertz CT molecular complexity index is 483. The quantitative estimate of drug-likeness (QED) is 0.829. The maximum Gasteiger partial charge on any atom is 0.290 e. The molecule has 3 fully saturated rings. The van der Waals surface area contributed by atoms with E-state index in [9.17, 15) is 4.79 Å². The van der Waals surface area contributed by atoms with Gasteiger partial charge in [0.1, 0.15) is 5.82 Å². The van der Waals surface area contributed by atoms with Gasteiger partial charge in [0.05, 0.1) is 0 Å². The van der Waals surface area contributed by atoms with Gasteiger partial charge in [0.25, 0.3) is 5.91 Å². The third-order valence-corrected chi connectivity index (χ3v) is 4.61. The third kappa shape index (κ3) is 1.82. The first kappa shape index (κ1) is 10.5. The van der Waals surface area contributed by atoms with E-state index < -0.39 is 0 Å². The van der Waals surface area contributed by atoms with Gasteiger partial charge in [-0.05, 0) is 49.9 Å². The van der Waals surface area contributed by atoms with Crippen molar-refractivity contribution in [2.24, 2.45) is 11.3 Å². The number of hydrogen-bond donors (Lipinski definition) is 2. The summed E-state index contributed by atoms with van der Waals surface area (Å²) in [5.74, 6) is 2.45. The van der Waals surface area contributed by atoms with Crippen molar-refractivity contribution < 1.29 is 4.79 Å². The summed E-state index contributed by atoms with van der Waals surface area (Å²) in [6, 6.07) is 0. The number of aromatic nitrogens is 3. The lowest BCUT2D eigenvalue weighted by Crippen LogP contribution is -2.31. The molecule has 18 heavy (non-hydrogen) atoms. The van der Waals surface area contributed by atoms with Gasteiger partial charge >= 0.3 is 0 Å². The summed E-state index contributed by atoms with van der Waals surface area (Å²) >= 11 is 0. The van der Waals surface area contributed by atoms with Crippen LogP contribution < -0.4 is 5.32 Å². The van der Waals surface area contributed by atoms with E-state index in [-0.39, 0.29) is 5.91 Å². The lowest BCUT2D eigenvalue weighted by Gasteiger charge is -2.13. The van der Waals surface area contributed by atoms with Gasteiger partial charge in [-0.2, -0.15) is 0 Å². The number of nitrogens with one attached hydrogen (secondary N) is 2. The van der Waals surface area contributed by atoms with E-state index in [0.717, 1.165) is 18.3 Å². The van der Waals surface area contributed by atoms with Crippen molar-refractivity contribution in [3.05, 3.63) is 11.6 Å². The van der Waals surface area contributed by atoms with Gasteiger partial charge in [-0.15, -0.1) is 5.10 Å². The zero-order valence-electron chi connectivity index (χ0n) is 10.4. The molecular formula is C13H18N4O. The third-order valence-electron chi connectivity index (χ3n) is 4.61. The van der Waals surface area contributed by atoms with Crippen LogP contribution in [0.1, 0.15) is 60.9 Å². The first-order valence-electron chi connectivity index (χ1n) is 6.97. The molecule has 1 aromatic rings. The minimum absolute atomic E-state index is 0.120. The Labute approximate surface area is 106 Å². The number of nitrogens with zero attached hydrogens (tertiary/aromatic N) is 2. The average molecular weight is 246 g/mol. The van der Waals surface area contributed by atoms with Gasteiger partial charge in [-0.3, -0.25) is 9.89 Å². The second kappa shape index (κ2) is 3.56. The number of amides is 1. The van der Waals surface area contributed by atoms with Gasteiger partial charge in [0.2, 0.25) is 5.82 Å². The Morgan fingerprint density at radius 2 is 2.11 bits per heavy atom. The standard InChI is InChI=1S/C13H18N4O/c18-12(11-15-10(16-17-11)8-1-2-8)14-7-13(5-6-13)9-3-4-9/h8-9H,1-7H2,(H,14,18)(H,15,16,17). The Kier molecular flexibility index (Phi) is 2.08. The fourth-order valence-electron chi connectivity index (χ4n) is 2.84. The molecule has 2 N–H and O–H groups in total. The van der Waals surface area contributed by atoms with Gasteiger partial charge in [-0.1, -0.05) is 0 Å². The Hall–Kier alpha value is -1.39. The smallest absolute Gasteiger partial charge is 0.290 e. The van der Waals surface area contributed by atoms with Crippen LogP contribution in [0.4, 0.5) is 0 Å². The predicted molar refractivity (Wildman–Crippen MR) is 65.1 cm³/mol. The maximum absolute atomic E-state index is 12.0. The number of H-pyrrole nitrogens is 1. The van der Waals surface area contributed by atoms with Crippen LogP contribution in [-0.2, 0) is 0 Å². The Morgan fingerprint density at radius 1 is 1.33 bits per heavy atom. The molecule has 0 bridgehead atoms. The van der Waals surface area contributed by atoms with Gasteiger partial charge in [-0.25, -0.2) is 4.98 Å². The van der Waals surface area contributed by atoms with E-state index in [4.69, 9.17) is 0 Å². The van der Waals surface area contributed by atoms with E-state index in [1.165, 1.54) is 38.5 Å². The minimum Gasteiger partial charge on any atom is -0.349 e. The fourth-order valence-corrected chi connectivity index (χ4v) is 2.84. The van der Waals surface area contributed by atoms with Crippen LogP contribution in [-0.4, -0.2) is 27.6 Å². The van der Waals surface area contributed by atoms with E-state index in [2.05, 4.69) is 20.5 Å². The van der Waals surface area contributed by atoms with Crippen molar-refractivity contribution in [2.75, 3.05) is 6.54 Å². The molecule has 0 atom stereocenters. The molecule has 0 unspecified atom stereocenters. The fraction of sp³-hybridized carbons (Fsp3) is 0.769. The monoisotopic (exact) mass is 246 g/mol. The van der Waals surface area contributed by atoms with E-state index in [1.807, 2.05) is 0 Å². The summed E-state index contributed by atoms with van der Waals surface area (Å²) in [7, 11) is 0. The number of carbonyl (C=O) groups is 1. The molecule has 5 heteroatoms. The molecule has 0 radical (unpaired) electrons. The first-order chi connectivity index (χ1) is 8.77. The van der Waals surface area contributed by atoms with E-state index in [1.54, 1.807) is 0 Å². The predicted octanol–water partition coefficient (Wildman–Crippen LogP) is 1.60. The zero-order valence-corrected chi connectivity index (χ0v) is 10.4. The molecule has 0 saturated heterocycles. The SMILES string of the molecule is O=C(NCC1(C2CC2)CC1)c1n[nH]c(C2CC2)n1. The first-order valence-corrected chi connectivity index (χ1v) is 6.97. The van der Waals surface area contributed by atoms with Crippen molar-refractivity contribution in [2.45, 2.75) is 44.4 Å². The van der Waals surface area contributed by atoms with E-state index in [0.29, 0.717) is 17.2 Å². The number of aromatic amines is 1. The second-order valence-corrected chi connectivity index (χ2v) is 6.14. The minimum atomic E-state index is -0.120. The summed E-state index contributed by atoms with van der Waals surface area (Å²) in [6.07, 6.45) is 7.59. The summed E-state index contributed by atoms with van der Waals surface area (Å²) in [6.45, 7) is 0.809. The molecule has 3 saturated carbocycles. The van der Waals surface area contributed by atoms with Crippen LogP contribution in [0.5, 0.6) is 0 Å². The van der Waals surface area contributed by atoms with Gasteiger partial charge in [0.15, 0.2) is 0 Å². The molecule has 0 aromatic carbocycles. The summed E-state index contributed by atoms with van der Waals surface area (Å²) in [5, 5.41) is 9.90. The maximum atomic E-state index is 12.0. The lowest BCUT2D eigenvalue weighted by molar-refractivity contribution is 0.0932. The molecule has 1 amide bonds. The van der Waals surface area contributed by atoms with Crippen LogP contribution in [0.3, 0.4) is 0 Å². The summed E-state index contributed by atoms with van der Waals surface area (Å²) in [4.78, 5) is 16.2. The van der Waals surface area contributed by atoms with Crippen LogP contribution in [0, 0.1) is 11.3 Å². The molecule has 3 aliphatic rings. The van der Waals surface area contributed by atoms with Crippen molar-refractivity contribution in [1.29, 1.82) is 0 Å². The summed E-state index contributed by atoms with van der Waals surface area (Å²) in [5.41, 5.74) is 0.436. The zero-order chi connectivity index (χ0) is 12.2. The van der Waals surface area contributed by atoms with E-state index >= 15 is 0 Å². The highest BCUT2D eigenvalue weighted by Gasteiger charge is 2.53. The second-order valence-electron chi connectivity index (χ2n) is 6.14. The van der Waals surface area contributed by atoms with Crippen molar-refractivity contribution in [1.82, 2.24) is 20.5 Å². The molecule has 1 heterocycles. The molecule has 96 valence electrons. The van der Waals surface area contributed by atoms with Crippen molar-refractivity contribution in [3.8, 4) is 0 Å². The molecular weight excluding hydrogens is 228 g/mol. The van der Waals surface area contributed by atoms with Crippen LogP contribution >= 0.6 is 0 Å². The normalized spacial score (nSPS) is 24.9. The average Bonchev–Trinajstić information content (AvgIpc) is 3.22. The molecule has 0 spiro atoms. The summed E-state index contributed by atoms with van der Waals surface area (Å²) < 4.78 is 0. The Balaban J connectivity index is 1.37. The van der Waals surface area contributed by atoms with Crippen molar-refractivity contribution in [3.63, 3.8) is 0 Å². The van der Waals surface area contributed by atoms with Crippen LogP contribution in [0.25, 0.3) is 0 Å². The van der Waals surface area contributed by atoms with Crippen LogP contribution in [0.2, 0.25) is 0 Å². The molecule has 3 aliphatic carbocycles. The molecule has 4 rings (SSSR count). The van der Waals surface area contributed by atoms with Crippen molar-refractivity contribution >= 4 is 5.91 Å².